The standard InChI is InChI=1S/C15H12BrNO/c1-18-14-6-7-15-11(10-14)8-9-17(15)13-4-2-12(16)3-5-13/h2-10H,1H3. The Morgan fingerprint density at radius 1 is 1.00 bits per heavy atom. The van der Waals surface area contributed by atoms with E-state index in [0.29, 0.717) is 0 Å². The first kappa shape index (κ1) is 11.4. The van der Waals surface area contributed by atoms with Crippen LogP contribution in [-0.2, 0) is 0 Å². The Bertz CT molecular complexity index is 685. The fraction of sp³-hybridized carbons (Fsp3) is 0.0667. The molecular weight excluding hydrogens is 290 g/mol. The van der Waals surface area contributed by atoms with Gasteiger partial charge < -0.3 is 9.30 Å². The van der Waals surface area contributed by atoms with Gasteiger partial charge in [-0.1, -0.05) is 15.9 Å². The minimum absolute atomic E-state index is 0.885. The topological polar surface area (TPSA) is 14.2 Å². The molecule has 0 bridgehead atoms. The van der Waals surface area contributed by atoms with Gasteiger partial charge in [-0.25, -0.2) is 0 Å². The van der Waals surface area contributed by atoms with Crippen molar-refractivity contribution in [2.45, 2.75) is 0 Å². The summed E-state index contributed by atoms with van der Waals surface area (Å²) in [5, 5.41) is 1.18. The number of methoxy groups -OCH3 is 1. The minimum Gasteiger partial charge on any atom is -0.497 e. The summed E-state index contributed by atoms with van der Waals surface area (Å²) in [5.41, 5.74) is 2.33. The summed E-state index contributed by atoms with van der Waals surface area (Å²) >= 11 is 3.45. The van der Waals surface area contributed by atoms with Crippen molar-refractivity contribution >= 4 is 26.8 Å². The number of benzene rings is 2. The molecule has 0 amide bonds. The maximum atomic E-state index is 5.24. The molecule has 0 spiro atoms. The summed E-state index contributed by atoms with van der Waals surface area (Å²) in [6, 6.07) is 16.5. The Morgan fingerprint density at radius 2 is 1.78 bits per heavy atom. The molecule has 1 heterocycles. The number of aromatic nitrogens is 1. The fourth-order valence-electron chi connectivity index (χ4n) is 2.07. The first-order chi connectivity index (χ1) is 8.78. The maximum absolute atomic E-state index is 5.24. The smallest absolute Gasteiger partial charge is 0.119 e. The van der Waals surface area contributed by atoms with Crippen LogP contribution >= 0.6 is 15.9 Å². The lowest BCUT2D eigenvalue weighted by atomic mass is 10.2. The molecule has 0 unspecified atom stereocenters. The minimum atomic E-state index is 0.885. The molecule has 0 atom stereocenters. The fourth-order valence-corrected chi connectivity index (χ4v) is 2.34. The van der Waals surface area contributed by atoms with Crippen LogP contribution in [0.15, 0.2) is 59.2 Å². The van der Waals surface area contributed by atoms with Gasteiger partial charge in [0, 0.05) is 21.7 Å². The third kappa shape index (κ3) is 1.91. The van der Waals surface area contributed by atoms with Gasteiger partial charge in [-0.2, -0.15) is 0 Å². The molecule has 2 aromatic carbocycles. The average molecular weight is 302 g/mol. The average Bonchev–Trinajstić information content (AvgIpc) is 2.82. The molecule has 0 aliphatic rings. The van der Waals surface area contributed by atoms with Gasteiger partial charge in [0.05, 0.1) is 12.6 Å². The zero-order valence-corrected chi connectivity index (χ0v) is 11.5. The van der Waals surface area contributed by atoms with Crippen LogP contribution in [0, 0.1) is 0 Å². The highest BCUT2D eigenvalue weighted by atomic mass is 79.9. The number of rotatable bonds is 2. The van der Waals surface area contributed by atoms with Gasteiger partial charge >= 0.3 is 0 Å². The van der Waals surface area contributed by atoms with Crippen molar-refractivity contribution in [3.63, 3.8) is 0 Å². The van der Waals surface area contributed by atoms with E-state index in [9.17, 15) is 0 Å². The predicted molar refractivity (Wildman–Crippen MR) is 77.5 cm³/mol. The van der Waals surface area contributed by atoms with E-state index in [2.05, 4.69) is 51.0 Å². The molecule has 90 valence electrons. The molecule has 3 heteroatoms. The number of fused-ring (bicyclic) bond motifs is 1. The Kier molecular flexibility index (Phi) is 2.84. The van der Waals surface area contributed by atoms with Crippen LogP contribution in [0.25, 0.3) is 16.6 Å². The van der Waals surface area contributed by atoms with Crippen LogP contribution in [0.3, 0.4) is 0 Å². The quantitative estimate of drug-likeness (QED) is 0.684. The number of hydrogen-bond donors (Lipinski definition) is 0. The van der Waals surface area contributed by atoms with E-state index in [-0.39, 0.29) is 0 Å². The zero-order chi connectivity index (χ0) is 12.5. The Balaban J connectivity index is 2.15. The summed E-state index contributed by atoms with van der Waals surface area (Å²) in [4.78, 5) is 0. The van der Waals surface area contributed by atoms with Gasteiger partial charge in [0.15, 0.2) is 0 Å². The molecule has 0 saturated heterocycles. The van der Waals surface area contributed by atoms with Crippen molar-refractivity contribution < 1.29 is 4.74 Å². The van der Waals surface area contributed by atoms with E-state index in [0.717, 1.165) is 15.9 Å². The third-order valence-corrected chi connectivity index (χ3v) is 3.53. The zero-order valence-electron chi connectivity index (χ0n) is 9.93. The van der Waals surface area contributed by atoms with E-state index < -0.39 is 0 Å². The van der Waals surface area contributed by atoms with E-state index in [1.54, 1.807) is 7.11 Å². The second-order valence-corrected chi connectivity index (χ2v) is 5.00. The van der Waals surface area contributed by atoms with Crippen LogP contribution in [0.4, 0.5) is 0 Å². The van der Waals surface area contributed by atoms with Crippen LogP contribution in [-0.4, -0.2) is 11.7 Å². The lowest BCUT2D eigenvalue weighted by Crippen LogP contribution is -1.91. The number of nitrogens with zero attached hydrogens (tertiary/aromatic N) is 1. The molecule has 0 N–H and O–H groups in total. The van der Waals surface area contributed by atoms with E-state index in [1.165, 1.54) is 10.9 Å². The van der Waals surface area contributed by atoms with Crippen molar-refractivity contribution in [3.8, 4) is 11.4 Å². The number of ether oxygens (including phenoxy) is 1. The summed E-state index contributed by atoms with van der Waals surface area (Å²) in [5.74, 6) is 0.885. The van der Waals surface area contributed by atoms with Gasteiger partial charge in [-0.15, -0.1) is 0 Å². The van der Waals surface area contributed by atoms with Gasteiger partial charge in [0.2, 0.25) is 0 Å². The second kappa shape index (κ2) is 4.50. The third-order valence-electron chi connectivity index (χ3n) is 3.00. The normalized spacial score (nSPS) is 10.8. The SMILES string of the molecule is COc1ccc2c(ccn2-c2ccc(Br)cc2)c1. The molecule has 0 saturated carbocycles. The van der Waals surface area contributed by atoms with Crippen molar-refractivity contribution in [1.29, 1.82) is 0 Å². The highest BCUT2D eigenvalue weighted by Gasteiger charge is 2.04. The molecule has 0 radical (unpaired) electrons. The van der Waals surface area contributed by atoms with Gasteiger partial charge in [-0.05, 0) is 48.5 Å². The molecule has 3 aromatic rings. The lowest BCUT2D eigenvalue weighted by molar-refractivity contribution is 0.415. The first-order valence-corrected chi connectivity index (χ1v) is 6.48. The Hall–Kier alpha value is -1.74. The number of halogens is 1. The highest BCUT2D eigenvalue weighted by molar-refractivity contribution is 9.10. The van der Waals surface area contributed by atoms with Crippen molar-refractivity contribution in [1.82, 2.24) is 4.57 Å². The molecule has 18 heavy (non-hydrogen) atoms. The van der Waals surface area contributed by atoms with Gasteiger partial charge in [0.1, 0.15) is 5.75 Å². The van der Waals surface area contributed by atoms with Crippen molar-refractivity contribution in [2.75, 3.05) is 7.11 Å². The van der Waals surface area contributed by atoms with Crippen LogP contribution in [0.1, 0.15) is 0 Å². The number of hydrogen-bond acceptors (Lipinski definition) is 1. The van der Waals surface area contributed by atoms with E-state index in [1.807, 2.05) is 24.3 Å². The summed E-state index contributed by atoms with van der Waals surface area (Å²) < 4.78 is 8.49. The monoisotopic (exact) mass is 301 g/mol. The highest BCUT2D eigenvalue weighted by Crippen LogP contribution is 2.25. The summed E-state index contributed by atoms with van der Waals surface area (Å²) in [7, 11) is 1.69. The van der Waals surface area contributed by atoms with Crippen molar-refractivity contribution in [3.05, 3.63) is 59.2 Å². The lowest BCUT2D eigenvalue weighted by Gasteiger charge is -2.06. The molecule has 0 aliphatic heterocycles. The van der Waals surface area contributed by atoms with Gasteiger partial charge in [-0.3, -0.25) is 0 Å². The molecule has 0 fully saturated rings. The largest absolute Gasteiger partial charge is 0.497 e. The molecule has 0 aliphatic carbocycles. The van der Waals surface area contributed by atoms with Crippen LogP contribution in [0.2, 0.25) is 0 Å². The summed E-state index contributed by atoms with van der Waals surface area (Å²) in [6.45, 7) is 0. The summed E-state index contributed by atoms with van der Waals surface area (Å²) in [6.07, 6.45) is 2.08. The van der Waals surface area contributed by atoms with Gasteiger partial charge in [0.25, 0.3) is 0 Å². The predicted octanol–water partition coefficient (Wildman–Crippen LogP) is 4.40. The molecular formula is C15H12BrNO. The van der Waals surface area contributed by atoms with Crippen LogP contribution in [0.5, 0.6) is 5.75 Å². The molecule has 3 rings (SSSR count). The molecule has 2 nitrogen and oxygen atoms in total. The Morgan fingerprint density at radius 3 is 2.50 bits per heavy atom. The van der Waals surface area contributed by atoms with Crippen LogP contribution < -0.4 is 4.74 Å². The van der Waals surface area contributed by atoms with Crippen molar-refractivity contribution in [2.24, 2.45) is 0 Å². The van der Waals surface area contributed by atoms with E-state index in [4.69, 9.17) is 4.74 Å². The Labute approximate surface area is 114 Å². The van der Waals surface area contributed by atoms with E-state index >= 15 is 0 Å². The molecule has 1 aromatic heterocycles. The maximum Gasteiger partial charge on any atom is 0.119 e. The first-order valence-electron chi connectivity index (χ1n) is 5.69. The second-order valence-electron chi connectivity index (χ2n) is 4.09.